The summed E-state index contributed by atoms with van der Waals surface area (Å²) in [5.41, 5.74) is 3.48. The van der Waals surface area contributed by atoms with Crippen LogP contribution in [0, 0.1) is 12.8 Å². The Morgan fingerprint density at radius 2 is 1.81 bits per heavy atom. The summed E-state index contributed by atoms with van der Waals surface area (Å²) in [4.78, 5) is 26.6. The highest BCUT2D eigenvalue weighted by Crippen LogP contribution is 2.39. The van der Waals surface area contributed by atoms with E-state index in [9.17, 15) is 18.0 Å². The van der Waals surface area contributed by atoms with E-state index < -0.39 is 10.0 Å². The summed E-state index contributed by atoms with van der Waals surface area (Å²) < 4.78 is 29.3. The van der Waals surface area contributed by atoms with E-state index in [4.69, 9.17) is 0 Å². The van der Waals surface area contributed by atoms with E-state index in [0.717, 1.165) is 16.7 Å². The van der Waals surface area contributed by atoms with Crippen LogP contribution in [-0.2, 0) is 32.5 Å². The maximum atomic E-state index is 13.6. The van der Waals surface area contributed by atoms with Gasteiger partial charge >= 0.3 is 0 Å². The number of carbonyl (C=O) groups is 2. The molecule has 0 saturated carbocycles. The summed E-state index contributed by atoms with van der Waals surface area (Å²) in [7, 11) is -3.79. The number of carbonyl (C=O) groups excluding carboxylic acids is 2. The fourth-order valence-electron chi connectivity index (χ4n) is 4.71. The quantitative estimate of drug-likeness (QED) is 0.601. The van der Waals surface area contributed by atoms with Gasteiger partial charge in [-0.1, -0.05) is 45.8 Å². The SMILES string of the molecule is CC(=O)N1CCc2cc(Br)cc(S(=O)(=O)N3CCC(C(=O)Cc4cccc(C)c4)CC3)c21. The average molecular weight is 519 g/mol. The van der Waals surface area contributed by atoms with Crippen molar-refractivity contribution in [1.29, 1.82) is 0 Å². The predicted octanol–water partition coefficient (Wildman–Crippen LogP) is 3.88. The smallest absolute Gasteiger partial charge is 0.245 e. The van der Waals surface area contributed by atoms with Crippen LogP contribution in [0.2, 0.25) is 0 Å². The maximum absolute atomic E-state index is 13.6. The van der Waals surface area contributed by atoms with Gasteiger partial charge in [-0.15, -0.1) is 0 Å². The first kappa shape index (κ1) is 23.1. The van der Waals surface area contributed by atoms with Crippen molar-refractivity contribution < 1.29 is 18.0 Å². The van der Waals surface area contributed by atoms with Gasteiger partial charge in [-0.3, -0.25) is 9.59 Å². The minimum absolute atomic E-state index is 0.135. The standard InChI is InChI=1S/C24H27BrN2O4S/c1-16-4-3-5-18(12-16)13-22(29)19-6-9-26(10-7-19)32(30,31)23-15-21(25)14-20-8-11-27(17(2)28)24(20)23/h3-5,12,14-15,19H,6-11,13H2,1-2H3. The van der Waals surface area contributed by atoms with Crippen molar-refractivity contribution in [3.05, 3.63) is 57.6 Å². The summed E-state index contributed by atoms with van der Waals surface area (Å²) in [5.74, 6) is -0.134. The fourth-order valence-corrected chi connectivity index (χ4v) is 7.09. The third-order valence-electron chi connectivity index (χ3n) is 6.36. The lowest BCUT2D eigenvalue weighted by Gasteiger charge is -2.31. The molecule has 2 aliphatic rings. The highest BCUT2D eigenvalue weighted by molar-refractivity contribution is 9.10. The third kappa shape index (κ3) is 4.54. The molecule has 0 aliphatic carbocycles. The number of Topliss-reactive ketones (excluding diaryl/α,β-unsaturated/α-hetero) is 1. The minimum Gasteiger partial charge on any atom is -0.311 e. The van der Waals surface area contributed by atoms with Crippen LogP contribution in [0.4, 0.5) is 5.69 Å². The average Bonchev–Trinajstić information content (AvgIpc) is 3.17. The molecule has 1 saturated heterocycles. The molecule has 6 nitrogen and oxygen atoms in total. The first-order chi connectivity index (χ1) is 15.2. The maximum Gasteiger partial charge on any atom is 0.245 e. The van der Waals surface area contributed by atoms with Crippen molar-refractivity contribution in [3.63, 3.8) is 0 Å². The van der Waals surface area contributed by atoms with Gasteiger partial charge in [-0.25, -0.2) is 8.42 Å². The van der Waals surface area contributed by atoms with Crippen LogP contribution in [0.15, 0.2) is 45.8 Å². The number of halogens is 1. The molecule has 2 aliphatic heterocycles. The molecule has 2 heterocycles. The van der Waals surface area contributed by atoms with Gasteiger partial charge in [0.05, 0.1) is 5.69 Å². The van der Waals surface area contributed by atoms with E-state index in [0.29, 0.717) is 55.5 Å². The lowest BCUT2D eigenvalue weighted by Crippen LogP contribution is -2.41. The minimum atomic E-state index is -3.79. The molecule has 2 aromatic rings. The van der Waals surface area contributed by atoms with E-state index >= 15 is 0 Å². The Kier molecular flexibility index (Phi) is 6.56. The number of hydrogen-bond donors (Lipinski definition) is 0. The first-order valence-electron chi connectivity index (χ1n) is 10.9. The molecule has 0 radical (unpaired) electrons. The van der Waals surface area contributed by atoms with Gasteiger partial charge in [-0.05, 0) is 49.4 Å². The molecule has 1 amide bonds. The zero-order chi connectivity index (χ0) is 23.0. The molecule has 0 N–H and O–H groups in total. The van der Waals surface area contributed by atoms with Crippen molar-refractivity contribution in [2.24, 2.45) is 5.92 Å². The number of aryl methyl sites for hydroxylation is 1. The van der Waals surface area contributed by atoms with Gasteiger partial charge in [-0.2, -0.15) is 4.31 Å². The topological polar surface area (TPSA) is 74.8 Å². The van der Waals surface area contributed by atoms with Crippen molar-refractivity contribution in [2.75, 3.05) is 24.5 Å². The molecule has 0 unspecified atom stereocenters. The lowest BCUT2D eigenvalue weighted by atomic mass is 9.90. The van der Waals surface area contributed by atoms with Crippen LogP contribution in [-0.4, -0.2) is 44.0 Å². The largest absolute Gasteiger partial charge is 0.311 e. The number of benzene rings is 2. The summed E-state index contributed by atoms with van der Waals surface area (Å²) in [6.45, 7) is 4.54. The Morgan fingerprint density at radius 3 is 2.47 bits per heavy atom. The summed E-state index contributed by atoms with van der Waals surface area (Å²) >= 11 is 3.42. The van der Waals surface area contributed by atoms with Crippen molar-refractivity contribution >= 4 is 43.3 Å². The van der Waals surface area contributed by atoms with Gasteiger partial charge in [0.1, 0.15) is 10.7 Å². The van der Waals surface area contributed by atoms with Crippen LogP contribution < -0.4 is 4.90 Å². The van der Waals surface area contributed by atoms with E-state index in [2.05, 4.69) is 15.9 Å². The molecular weight excluding hydrogens is 492 g/mol. The van der Waals surface area contributed by atoms with Gasteiger partial charge in [0.15, 0.2) is 0 Å². The highest BCUT2D eigenvalue weighted by Gasteiger charge is 2.37. The van der Waals surface area contributed by atoms with E-state index in [-0.39, 0.29) is 22.5 Å². The molecule has 170 valence electrons. The van der Waals surface area contributed by atoms with Crippen LogP contribution in [0.25, 0.3) is 0 Å². The predicted molar refractivity (Wildman–Crippen MR) is 127 cm³/mol. The zero-order valence-corrected chi connectivity index (χ0v) is 20.7. The van der Waals surface area contributed by atoms with Crippen molar-refractivity contribution in [1.82, 2.24) is 4.31 Å². The molecule has 8 heteroatoms. The van der Waals surface area contributed by atoms with Gasteiger partial charge in [0.25, 0.3) is 0 Å². The number of fused-ring (bicyclic) bond motifs is 1. The van der Waals surface area contributed by atoms with E-state index in [1.165, 1.54) is 11.2 Å². The molecule has 0 aromatic heterocycles. The van der Waals surface area contributed by atoms with Crippen LogP contribution >= 0.6 is 15.9 Å². The number of nitrogens with zero attached hydrogens (tertiary/aromatic N) is 2. The number of sulfonamides is 1. The monoisotopic (exact) mass is 518 g/mol. The molecular formula is C24H27BrN2O4S. The van der Waals surface area contributed by atoms with Gasteiger partial charge in [0, 0.05) is 43.4 Å². The normalized spacial score (nSPS) is 17.4. The molecule has 2 aromatic carbocycles. The second-order valence-corrected chi connectivity index (χ2v) is 11.5. The zero-order valence-electron chi connectivity index (χ0n) is 18.3. The van der Waals surface area contributed by atoms with E-state index in [1.54, 1.807) is 11.0 Å². The Labute approximate surface area is 197 Å². The lowest BCUT2D eigenvalue weighted by molar-refractivity contribution is -0.123. The summed E-state index contributed by atoms with van der Waals surface area (Å²) in [6.07, 6.45) is 2.03. The molecule has 0 atom stereocenters. The second kappa shape index (κ2) is 9.08. The third-order valence-corrected chi connectivity index (χ3v) is 8.73. The number of hydrogen-bond acceptors (Lipinski definition) is 4. The van der Waals surface area contributed by atoms with Crippen LogP contribution in [0.3, 0.4) is 0 Å². The number of anilines is 1. The number of amides is 1. The number of ketones is 1. The summed E-state index contributed by atoms with van der Waals surface area (Å²) in [5, 5.41) is 0. The molecule has 0 bridgehead atoms. The van der Waals surface area contributed by atoms with Crippen molar-refractivity contribution in [2.45, 2.75) is 44.4 Å². The Balaban J connectivity index is 1.51. The van der Waals surface area contributed by atoms with Crippen LogP contribution in [0.1, 0.15) is 36.5 Å². The molecule has 0 spiro atoms. The molecule has 32 heavy (non-hydrogen) atoms. The van der Waals surface area contributed by atoms with Crippen molar-refractivity contribution in [3.8, 4) is 0 Å². The Morgan fingerprint density at radius 1 is 1.09 bits per heavy atom. The van der Waals surface area contributed by atoms with Gasteiger partial charge in [0.2, 0.25) is 15.9 Å². The van der Waals surface area contributed by atoms with Crippen LogP contribution in [0.5, 0.6) is 0 Å². The highest BCUT2D eigenvalue weighted by atomic mass is 79.9. The van der Waals surface area contributed by atoms with Gasteiger partial charge < -0.3 is 4.90 Å². The molecule has 4 rings (SSSR count). The van der Waals surface area contributed by atoms with E-state index in [1.807, 2.05) is 37.3 Å². The second-order valence-electron chi connectivity index (χ2n) is 8.64. The molecule has 1 fully saturated rings. The number of rotatable bonds is 5. The number of piperidine rings is 1. The summed E-state index contributed by atoms with van der Waals surface area (Å²) in [6, 6.07) is 11.4. The first-order valence-corrected chi connectivity index (χ1v) is 13.1. The Hall–Kier alpha value is -2.03. The fraction of sp³-hybridized carbons (Fsp3) is 0.417. The Bertz CT molecular complexity index is 1170.